The van der Waals surface area contributed by atoms with Gasteiger partial charge in [-0.2, -0.15) is 0 Å². The summed E-state index contributed by atoms with van der Waals surface area (Å²) in [5.74, 6) is -0.242. The minimum atomic E-state index is -0.950. The van der Waals surface area contributed by atoms with Gasteiger partial charge in [-0.1, -0.05) is 26.7 Å². The van der Waals surface area contributed by atoms with Crippen LogP contribution >= 0.6 is 0 Å². The Bertz CT molecular complexity index is 286. The van der Waals surface area contributed by atoms with Crippen LogP contribution in [0.2, 0.25) is 0 Å². The van der Waals surface area contributed by atoms with E-state index in [4.69, 9.17) is 5.11 Å². The van der Waals surface area contributed by atoms with Gasteiger partial charge in [-0.05, 0) is 25.2 Å². The molecule has 0 saturated carbocycles. The molecule has 1 aliphatic rings. The fraction of sp³-hybridized carbons (Fsp3) is 0.846. The molecule has 1 fully saturated rings. The van der Waals surface area contributed by atoms with Crippen molar-refractivity contribution in [3.8, 4) is 0 Å². The number of rotatable bonds is 5. The van der Waals surface area contributed by atoms with Crippen LogP contribution in [0.25, 0.3) is 0 Å². The van der Waals surface area contributed by atoms with E-state index in [2.05, 4.69) is 12.2 Å². The fourth-order valence-corrected chi connectivity index (χ4v) is 2.33. The molecular weight excluding hydrogens is 232 g/mol. The summed E-state index contributed by atoms with van der Waals surface area (Å²) in [6.45, 7) is 5.56. The summed E-state index contributed by atoms with van der Waals surface area (Å²) in [5, 5.41) is 11.6. The molecule has 5 nitrogen and oxygen atoms in total. The summed E-state index contributed by atoms with van der Waals surface area (Å²) in [5.41, 5.74) is 0. The molecule has 1 saturated heterocycles. The van der Waals surface area contributed by atoms with Crippen LogP contribution in [0.15, 0.2) is 0 Å². The summed E-state index contributed by atoms with van der Waals surface area (Å²) < 4.78 is 0. The van der Waals surface area contributed by atoms with Crippen LogP contribution in [-0.4, -0.2) is 41.1 Å². The number of carboxylic acids is 1. The number of urea groups is 1. The van der Waals surface area contributed by atoms with Gasteiger partial charge in [0.25, 0.3) is 0 Å². The lowest BCUT2D eigenvalue weighted by atomic mass is 9.95. The molecule has 5 heteroatoms. The Hall–Kier alpha value is -1.26. The highest BCUT2D eigenvalue weighted by molar-refractivity contribution is 5.82. The third-order valence-electron chi connectivity index (χ3n) is 3.65. The average molecular weight is 256 g/mol. The monoisotopic (exact) mass is 256 g/mol. The van der Waals surface area contributed by atoms with Crippen molar-refractivity contribution in [2.45, 2.75) is 52.0 Å². The second-order valence-electron chi connectivity index (χ2n) is 4.97. The minimum absolute atomic E-state index is 0.231. The van der Waals surface area contributed by atoms with Gasteiger partial charge >= 0.3 is 12.0 Å². The van der Waals surface area contributed by atoms with E-state index in [1.54, 1.807) is 4.90 Å². The molecule has 1 heterocycles. The third-order valence-corrected chi connectivity index (χ3v) is 3.65. The molecule has 1 aliphatic heterocycles. The van der Waals surface area contributed by atoms with E-state index in [0.29, 0.717) is 12.3 Å². The fourth-order valence-electron chi connectivity index (χ4n) is 2.33. The summed E-state index contributed by atoms with van der Waals surface area (Å²) >= 11 is 0. The van der Waals surface area contributed by atoms with Gasteiger partial charge < -0.3 is 15.3 Å². The van der Waals surface area contributed by atoms with Crippen LogP contribution in [0.3, 0.4) is 0 Å². The topological polar surface area (TPSA) is 69.6 Å². The SMILES string of the molecule is CCC[C@@H](NC(=O)N1CCC(CC)CC1)C(=O)O. The highest BCUT2D eigenvalue weighted by Gasteiger charge is 2.25. The Morgan fingerprint density at radius 3 is 2.39 bits per heavy atom. The molecule has 0 bridgehead atoms. The van der Waals surface area contributed by atoms with Gasteiger partial charge in [-0.15, -0.1) is 0 Å². The Morgan fingerprint density at radius 1 is 1.33 bits per heavy atom. The lowest BCUT2D eigenvalue weighted by molar-refractivity contribution is -0.139. The molecule has 0 aromatic rings. The molecular formula is C13H24N2O3. The Morgan fingerprint density at radius 2 is 1.94 bits per heavy atom. The summed E-state index contributed by atoms with van der Waals surface area (Å²) in [6, 6.07) is -0.989. The maximum absolute atomic E-state index is 11.9. The standard InChI is InChI=1S/C13H24N2O3/c1-3-5-11(12(16)17)14-13(18)15-8-6-10(4-2)7-9-15/h10-11H,3-9H2,1-2H3,(H,14,18)(H,16,17)/t11-/m1/s1. The molecule has 0 aromatic heterocycles. The number of carbonyl (C=O) groups excluding carboxylic acids is 1. The van der Waals surface area contributed by atoms with Crippen LogP contribution < -0.4 is 5.32 Å². The first-order valence-corrected chi connectivity index (χ1v) is 6.86. The van der Waals surface area contributed by atoms with Crippen molar-refractivity contribution < 1.29 is 14.7 Å². The predicted octanol–water partition coefficient (Wildman–Crippen LogP) is 2.07. The molecule has 104 valence electrons. The zero-order valence-corrected chi connectivity index (χ0v) is 11.3. The van der Waals surface area contributed by atoms with Crippen molar-refractivity contribution in [1.82, 2.24) is 10.2 Å². The summed E-state index contributed by atoms with van der Waals surface area (Å²) in [7, 11) is 0. The van der Waals surface area contributed by atoms with Crippen molar-refractivity contribution in [1.29, 1.82) is 0 Å². The highest BCUT2D eigenvalue weighted by atomic mass is 16.4. The minimum Gasteiger partial charge on any atom is -0.480 e. The molecule has 0 aromatic carbocycles. The second-order valence-corrected chi connectivity index (χ2v) is 4.97. The molecule has 0 spiro atoms. The van der Waals surface area contributed by atoms with Crippen molar-refractivity contribution in [2.75, 3.05) is 13.1 Å². The van der Waals surface area contributed by atoms with Gasteiger partial charge in [0.2, 0.25) is 0 Å². The van der Waals surface area contributed by atoms with E-state index in [9.17, 15) is 9.59 Å². The Balaban J connectivity index is 2.42. The largest absolute Gasteiger partial charge is 0.480 e. The van der Waals surface area contributed by atoms with Crippen LogP contribution in [-0.2, 0) is 4.79 Å². The number of piperidine rings is 1. The number of carbonyl (C=O) groups is 2. The van der Waals surface area contributed by atoms with E-state index in [-0.39, 0.29) is 6.03 Å². The molecule has 0 unspecified atom stereocenters. The first-order valence-electron chi connectivity index (χ1n) is 6.86. The summed E-state index contributed by atoms with van der Waals surface area (Å²) in [6.07, 6.45) is 4.43. The van der Waals surface area contributed by atoms with Gasteiger partial charge in [-0.3, -0.25) is 0 Å². The van der Waals surface area contributed by atoms with Gasteiger partial charge in [0.1, 0.15) is 6.04 Å². The second kappa shape index (κ2) is 7.24. The Kier molecular flexibility index (Phi) is 5.95. The number of amides is 2. The summed E-state index contributed by atoms with van der Waals surface area (Å²) in [4.78, 5) is 24.6. The van der Waals surface area contributed by atoms with Crippen molar-refractivity contribution in [3.05, 3.63) is 0 Å². The first kappa shape index (κ1) is 14.8. The third kappa shape index (κ3) is 4.20. The smallest absolute Gasteiger partial charge is 0.326 e. The van der Waals surface area contributed by atoms with Crippen LogP contribution in [0.1, 0.15) is 46.0 Å². The van der Waals surface area contributed by atoms with E-state index in [1.165, 1.54) is 0 Å². The van der Waals surface area contributed by atoms with Crippen molar-refractivity contribution in [3.63, 3.8) is 0 Å². The van der Waals surface area contributed by atoms with Gasteiger partial charge in [-0.25, -0.2) is 9.59 Å². The number of aliphatic carboxylic acids is 1. The first-order chi connectivity index (χ1) is 8.58. The molecule has 2 N–H and O–H groups in total. The van der Waals surface area contributed by atoms with E-state index in [0.717, 1.165) is 38.8 Å². The molecule has 1 rings (SSSR count). The molecule has 18 heavy (non-hydrogen) atoms. The number of hydrogen-bond donors (Lipinski definition) is 2. The maximum atomic E-state index is 11.9. The van der Waals surface area contributed by atoms with Gasteiger partial charge in [0.05, 0.1) is 0 Å². The number of carboxylic acid groups (broad SMARTS) is 1. The normalized spacial score (nSPS) is 18.4. The maximum Gasteiger partial charge on any atom is 0.326 e. The van der Waals surface area contributed by atoms with E-state index in [1.807, 2.05) is 6.92 Å². The van der Waals surface area contributed by atoms with Gasteiger partial charge in [0.15, 0.2) is 0 Å². The van der Waals surface area contributed by atoms with Crippen LogP contribution in [0.4, 0.5) is 4.79 Å². The molecule has 0 aliphatic carbocycles. The van der Waals surface area contributed by atoms with E-state index < -0.39 is 12.0 Å². The predicted molar refractivity (Wildman–Crippen MR) is 69.5 cm³/mol. The molecule has 2 amide bonds. The molecule has 1 atom stereocenters. The lowest BCUT2D eigenvalue weighted by Gasteiger charge is -2.32. The Labute approximate surface area is 109 Å². The number of likely N-dealkylation sites (tertiary alicyclic amines) is 1. The zero-order valence-electron chi connectivity index (χ0n) is 11.3. The quantitative estimate of drug-likeness (QED) is 0.791. The number of nitrogens with one attached hydrogen (secondary N) is 1. The van der Waals surface area contributed by atoms with E-state index >= 15 is 0 Å². The molecule has 0 radical (unpaired) electrons. The number of nitrogens with zero attached hydrogens (tertiary/aromatic N) is 1. The highest BCUT2D eigenvalue weighted by Crippen LogP contribution is 2.19. The zero-order chi connectivity index (χ0) is 13.5. The lowest BCUT2D eigenvalue weighted by Crippen LogP contribution is -2.50. The number of hydrogen-bond acceptors (Lipinski definition) is 2. The van der Waals surface area contributed by atoms with Crippen molar-refractivity contribution in [2.24, 2.45) is 5.92 Å². The van der Waals surface area contributed by atoms with Crippen molar-refractivity contribution >= 4 is 12.0 Å². The van der Waals surface area contributed by atoms with Gasteiger partial charge in [0, 0.05) is 13.1 Å². The average Bonchev–Trinajstić information content (AvgIpc) is 2.38. The van der Waals surface area contributed by atoms with Crippen LogP contribution in [0.5, 0.6) is 0 Å². The van der Waals surface area contributed by atoms with Crippen LogP contribution in [0, 0.1) is 5.92 Å².